The summed E-state index contributed by atoms with van der Waals surface area (Å²) in [4.78, 5) is 0. The van der Waals surface area contributed by atoms with Crippen LogP contribution in [0.3, 0.4) is 0 Å². The minimum absolute atomic E-state index is 0.270. The predicted octanol–water partition coefficient (Wildman–Crippen LogP) is 3.53. The topological polar surface area (TPSA) is 41.5 Å². The van der Waals surface area contributed by atoms with Crippen LogP contribution in [0.5, 0.6) is 5.75 Å². The lowest BCUT2D eigenvalue weighted by atomic mass is 10.2. The van der Waals surface area contributed by atoms with Crippen LogP contribution in [0.4, 0.5) is 4.39 Å². The molecular formula is C17H19ClFNO2. The fourth-order valence-corrected chi connectivity index (χ4v) is 2.22. The first kappa shape index (κ1) is 16.7. The summed E-state index contributed by atoms with van der Waals surface area (Å²) in [5, 5.41) is 12.8. The summed E-state index contributed by atoms with van der Waals surface area (Å²) in [6.07, 6.45) is -0.397. The number of ether oxygens (including phenoxy) is 1. The van der Waals surface area contributed by atoms with Gasteiger partial charge in [-0.15, -0.1) is 0 Å². The largest absolute Gasteiger partial charge is 0.489 e. The van der Waals surface area contributed by atoms with Gasteiger partial charge in [-0.2, -0.15) is 0 Å². The standard InChI is InChI=1S/C17H19ClFNO2/c1-12(21)9-20-10-13-4-2-3-5-17(13)22-11-14-6-7-15(19)8-16(14)18/h2-8,12,20-21H,9-11H2,1H3/t12-/m0/s1. The summed E-state index contributed by atoms with van der Waals surface area (Å²) in [5.41, 5.74) is 1.72. The molecule has 2 aromatic carbocycles. The molecule has 3 nitrogen and oxygen atoms in total. The number of aliphatic hydroxyl groups excluding tert-OH is 1. The van der Waals surface area contributed by atoms with Gasteiger partial charge in [0.2, 0.25) is 0 Å². The molecule has 2 aromatic rings. The van der Waals surface area contributed by atoms with Crippen molar-refractivity contribution in [3.8, 4) is 5.75 Å². The molecule has 5 heteroatoms. The number of para-hydroxylation sites is 1. The Morgan fingerprint density at radius 3 is 2.73 bits per heavy atom. The second-order valence-corrected chi connectivity index (χ2v) is 5.52. The summed E-state index contributed by atoms with van der Waals surface area (Å²) in [6.45, 7) is 3.11. The van der Waals surface area contributed by atoms with Crippen LogP contribution >= 0.6 is 11.6 Å². The molecule has 0 radical (unpaired) electrons. The number of hydrogen-bond donors (Lipinski definition) is 2. The molecule has 2 N–H and O–H groups in total. The maximum Gasteiger partial charge on any atom is 0.124 e. The molecule has 118 valence electrons. The van der Waals surface area contributed by atoms with Crippen LogP contribution in [-0.4, -0.2) is 17.8 Å². The van der Waals surface area contributed by atoms with E-state index in [0.29, 0.717) is 18.1 Å². The summed E-state index contributed by atoms with van der Waals surface area (Å²) in [7, 11) is 0. The van der Waals surface area contributed by atoms with Crippen molar-refractivity contribution in [3.63, 3.8) is 0 Å². The van der Waals surface area contributed by atoms with Crippen LogP contribution in [-0.2, 0) is 13.2 Å². The van der Waals surface area contributed by atoms with Gasteiger partial charge in [-0.05, 0) is 25.1 Å². The van der Waals surface area contributed by atoms with Crippen LogP contribution in [0.2, 0.25) is 5.02 Å². The van der Waals surface area contributed by atoms with Gasteiger partial charge in [0.1, 0.15) is 18.2 Å². The Kier molecular flexibility index (Phi) is 6.19. The number of hydrogen-bond acceptors (Lipinski definition) is 3. The highest BCUT2D eigenvalue weighted by Gasteiger charge is 2.06. The van der Waals surface area contributed by atoms with E-state index in [0.717, 1.165) is 16.9 Å². The van der Waals surface area contributed by atoms with Crippen LogP contribution in [0, 0.1) is 5.82 Å². The summed E-state index contributed by atoms with van der Waals surface area (Å²) < 4.78 is 18.8. The first-order chi connectivity index (χ1) is 10.6. The number of rotatable bonds is 7. The predicted molar refractivity (Wildman–Crippen MR) is 85.6 cm³/mol. The molecule has 1 atom stereocenters. The SMILES string of the molecule is C[C@H](O)CNCc1ccccc1OCc1ccc(F)cc1Cl. The molecule has 0 spiro atoms. The molecule has 0 bridgehead atoms. The third-order valence-corrected chi connectivity index (χ3v) is 3.48. The fraction of sp³-hybridized carbons (Fsp3) is 0.294. The van der Waals surface area contributed by atoms with Crippen LogP contribution in [0.25, 0.3) is 0 Å². The second-order valence-electron chi connectivity index (χ2n) is 5.11. The normalized spacial score (nSPS) is 12.2. The fourth-order valence-electron chi connectivity index (χ4n) is 2.00. The molecule has 0 saturated carbocycles. The Balaban J connectivity index is 2.00. The summed E-state index contributed by atoms with van der Waals surface area (Å²) in [6, 6.07) is 11.9. The van der Waals surface area contributed by atoms with Gasteiger partial charge in [0, 0.05) is 24.2 Å². The van der Waals surface area contributed by atoms with Gasteiger partial charge in [-0.25, -0.2) is 4.39 Å². The maximum atomic E-state index is 13.0. The monoisotopic (exact) mass is 323 g/mol. The minimum atomic E-state index is -0.397. The molecule has 22 heavy (non-hydrogen) atoms. The van der Waals surface area contributed by atoms with Gasteiger partial charge in [-0.1, -0.05) is 35.9 Å². The van der Waals surface area contributed by atoms with Crippen molar-refractivity contribution in [1.29, 1.82) is 0 Å². The summed E-state index contributed by atoms with van der Waals surface area (Å²) >= 11 is 5.99. The Hall–Kier alpha value is -1.62. The van der Waals surface area contributed by atoms with E-state index in [-0.39, 0.29) is 12.4 Å². The molecule has 0 amide bonds. The van der Waals surface area contributed by atoms with Gasteiger partial charge >= 0.3 is 0 Å². The second kappa shape index (κ2) is 8.13. The van der Waals surface area contributed by atoms with Crippen molar-refractivity contribution in [2.45, 2.75) is 26.2 Å². The Bertz CT molecular complexity index is 619. The highest BCUT2D eigenvalue weighted by Crippen LogP contribution is 2.22. The minimum Gasteiger partial charge on any atom is -0.489 e. The van der Waals surface area contributed by atoms with Gasteiger partial charge in [-0.3, -0.25) is 0 Å². The smallest absolute Gasteiger partial charge is 0.124 e. The van der Waals surface area contributed by atoms with E-state index in [1.807, 2.05) is 24.3 Å². The zero-order valence-electron chi connectivity index (χ0n) is 12.4. The first-order valence-corrected chi connectivity index (χ1v) is 7.47. The number of benzene rings is 2. The van der Waals surface area contributed by atoms with E-state index >= 15 is 0 Å². The molecule has 0 aliphatic carbocycles. The third-order valence-electron chi connectivity index (χ3n) is 3.13. The van der Waals surface area contributed by atoms with Crippen molar-refractivity contribution in [3.05, 3.63) is 64.4 Å². The van der Waals surface area contributed by atoms with Crippen molar-refractivity contribution in [2.24, 2.45) is 0 Å². The molecule has 0 aromatic heterocycles. The third kappa shape index (κ3) is 4.98. The van der Waals surface area contributed by atoms with E-state index in [9.17, 15) is 9.50 Å². The molecular weight excluding hydrogens is 305 g/mol. The van der Waals surface area contributed by atoms with E-state index in [1.165, 1.54) is 12.1 Å². The number of nitrogens with one attached hydrogen (secondary N) is 1. The Labute approximate surface area is 134 Å². The van der Waals surface area contributed by atoms with Gasteiger partial charge < -0.3 is 15.2 Å². The Morgan fingerprint density at radius 2 is 2.00 bits per heavy atom. The van der Waals surface area contributed by atoms with E-state index < -0.39 is 6.10 Å². The van der Waals surface area contributed by atoms with E-state index in [4.69, 9.17) is 16.3 Å². The lowest BCUT2D eigenvalue weighted by Gasteiger charge is -2.13. The van der Waals surface area contributed by atoms with Crippen molar-refractivity contribution in [1.82, 2.24) is 5.32 Å². The summed E-state index contributed by atoms with van der Waals surface area (Å²) in [5.74, 6) is 0.373. The number of halogens is 2. The molecule has 0 fully saturated rings. The lowest BCUT2D eigenvalue weighted by molar-refractivity contribution is 0.190. The first-order valence-electron chi connectivity index (χ1n) is 7.09. The maximum absolute atomic E-state index is 13.0. The molecule has 0 aliphatic heterocycles. The van der Waals surface area contributed by atoms with Gasteiger partial charge in [0.25, 0.3) is 0 Å². The quantitative estimate of drug-likeness (QED) is 0.819. The van der Waals surface area contributed by atoms with Crippen LogP contribution in [0.15, 0.2) is 42.5 Å². The van der Waals surface area contributed by atoms with Crippen LogP contribution in [0.1, 0.15) is 18.1 Å². The average Bonchev–Trinajstić information content (AvgIpc) is 2.47. The molecule has 0 unspecified atom stereocenters. The highest BCUT2D eigenvalue weighted by molar-refractivity contribution is 6.31. The van der Waals surface area contributed by atoms with Crippen molar-refractivity contribution >= 4 is 11.6 Å². The molecule has 0 heterocycles. The van der Waals surface area contributed by atoms with Crippen molar-refractivity contribution in [2.75, 3.05) is 6.54 Å². The van der Waals surface area contributed by atoms with Gasteiger partial charge in [0.15, 0.2) is 0 Å². The Morgan fingerprint density at radius 1 is 1.23 bits per heavy atom. The molecule has 0 aliphatic rings. The zero-order chi connectivity index (χ0) is 15.9. The highest BCUT2D eigenvalue weighted by atomic mass is 35.5. The molecule has 2 rings (SSSR count). The van der Waals surface area contributed by atoms with Gasteiger partial charge in [0.05, 0.1) is 11.1 Å². The number of aliphatic hydroxyl groups is 1. The average molecular weight is 324 g/mol. The van der Waals surface area contributed by atoms with Crippen LogP contribution < -0.4 is 10.1 Å². The lowest BCUT2D eigenvalue weighted by Crippen LogP contribution is -2.24. The zero-order valence-corrected chi connectivity index (χ0v) is 13.1. The van der Waals surface area contributed by atoms with E-state index in [2.05, 4.69) is 5.32 Å². The van der Waals surface area contributed by atoms with Crippen molar-refractivity contribution < 1.29 is 14.2 Å². The molecule has 0 saturated heterocycles. The van der Waals surface area contributed by atoms with E-state index in [1.54, 1.807) is 13.0 Å².